The third-order valence-corrected chi connectivity index (χ3v) is 10.6. The van der Waals surface area contributed by atoms with Gasteiger partial charge in [-0.05, 0) is 58.2 Å². The number of aromatic nitrogens is 3. The number of carbonyl (C=O) groups excluding carboxylic acids is 1. The average Bonchev–Trinajstić information content (AvgIpc) is 3.05. The molecule has 3 atom stereocenters. The van der Waals surface area contributed by atoms with Crippen LogP contribution in [0.25, 0.3) is 15.6 Å². The molecule has 1 saturated carbocycles. The highest BCUT2D eigenvalue weighted by molar-refractivity contribution is 6.36. The van der Waals surface area contributed by atoms with Crippen LogP contribution in [-0.4, -0.2) is 95.2 Å². The molecule has 1 aromatic carbocycles. The lowest BCUT2D eigenvalue weighted by molar-refractivity contribution is -0.128. The predicted molar refractivity (Wildman–Crippen MR) is 182 cm³/mol. The van der Waals surface area contributed by atoms with Gasteiger partial charge in [0.05, 0.1) is 29.1 Å². The highest BCUT2D eigenvalue weighted by atomic mass is 35.5. The summed E-state index contributed by atoms with van der Waals surface area (Å²) in [7, 11) is 2.18. The Bertz CT molecular complexity index is 1630. The first-order valence-electron chi connectivity index (χ1n) is 16.3. The van der Waals surface area contributed by atoms with E-state index in [9.17, 15) is 4.79 Å². The number of anilines is 2. The van der Waals surface area contributed by atoms with Crippen molar-refractivity contribution in [1.29, 1.82) is 0 Å². The minimum Gasteiger partial charge on any atom is -0.462 e. The maximum absolute atomic E-state index is 12.6. The summed E-state index contributed by atoms with van der Waals surface area (Å²) in [5.74, 6) is 1.43. The van der Waals surface area contributed by atoms with E-state index in [1.54, 1.807) is 4.90 Å². The Balaban J connectivity index is 1.30. The number of hydrogen-bond donors (Lipinski definition) is 0. The lowest BCUT2D eigenvalue weighted by Crippen LogP contribution is -2.56. The normalized spacial score (nSPS) is 19.7. The highest BCUT2D eigenvalue weighted by Crippen LogP contribution is 2.37. The third-order valence-electron chi connectivity index (χ3n) is 10.2. The van der Waals surface area contributed by atoms with Crippen LogP contribution in [0.15, 0.2) is 43.2 Å². The molecule has 3 aromatic rings. The number of amides is 1. The van der Waals surface area contributed by atoms with Gasteiger partial charge in [-0.15, -0.1) is 0 Å². The molecule has 2 fully saturated rings. The van der Waals surface area contributed by atoms with Gasteiger partial charge in [-0.25, -0.2) is 6.57 Å². The van der Waals surface area contributed by atoms with Gasteiger partial charge in [0.25, 0.3) is 0 Å². The van der Waals surface area contributed by atoms with E-state index in [2.05, 4.69) is 52.0 Å². The van der Waals surface area contributed by atoms with Crippen LogP contribution >= 0.6 is 11.6 Å². The van der Waals surface area contributed by atoms with Gasteiger partial charge in [-0.1, -0.05) is 36.7 Å². The van der Waals surface area contributed by atoms with Gasteiger partial charge in [0.15, 0.2) is 0 Å². The van der Waals surface area contributed by atoms with Crippen molar-refractivity contribution >= 4 is 39.8 Å². The molecule has 1 amide bonds. The van der Waals surface area contributed by atoms with Crippen LogP contribution in [0, 0.1) is 12.5 Å². The number of rotatable bonds is 10. The fourth-order valence-corrected chi connectivity index (χ4v) is 7.30. The van der Waals surface area contributed by atoms with E-state index in [0.29, 0.717) is 49.9 Å². The van der Waals surface area contributed by atoms with Crippen LogP contribution in [0.4, 0.5) is 11.5 Å². The third kappa shape index (κ3) is 6.36. The zero-order valence-electron chi connectivity index (χ0n) is 27.0. The number of hydrogen-bond acceptors (Lipinski definition) is 8. The van der Waals surface area contributed by atoms with Crippen molar-refractivity contribution in [3.63, 3.8) is 0 Å². The lowest BCUT2D eigenvalue weighted by atomic mass is 9.79. The van der Waals surface area contributed by atoms with E-state index in [1.807, 2.05) is 30.6 Å². The summed E-state index contributed by atoms with van der Waals surface area (Å²) >= 11 is 6.70. The molecule has 6 rings (SSSR count). The lowest BCUT2D eigenvalue weighted by Gasteiger charge is -2.41. The Labute approximate surface area is 276 Å². The number of ether oxygens (including phenoxy) is 1. The van der Waals surface area contributed by atoms with E-state index in [4.69, 9.17) is 32.9 Å². The van der Waals surface area contributed by atoms with Gasteiger partial charge < -0.3 is 24.3 Å². The van der Waals surface area contributed by atoms with Crippen LogP contribution in [0.3, 0.4) is 0 Å². The molecule has 1 aliphatic carbocycles. The summed E-state index contributed by atoms with van der Waals surface area (Å²) < 4.78 is 6.38. The summed E-state index contributed by atoms with van der Waals surface area (Å²) in [5, 5.41) is 2.67. The first kappa shape index (κ1) is 32.0. The second-order valence-electron chi connectivity index (χ2n) is 12.9. The number of piperazine rings is 1. The van der Waals surface area contributed by atoms with Crippen molar-refractivity contribution in [3.8, 4) is 6.01 Å². The molecule has 242 valence electrons. The molecule has 2 aromatic heterocycles. The van der Waals surface area contributed by atoms with Gasteiger partial charge in [0.1, 0.15) is 18.5 Å². The van der Waals surface area contributed by atoms with Crippen LogP contribution in [0.2, 0.25) is 5.02 Å². The van der Waals surface area contributed by atoms with Crippen molar-refractivity contribution in [2.75, 3.05) is 56.2 Å². The summed E-state index contributed by atoms with van der Waals surface area (Å²) in [6, 6.07) is 6.68. The summed E-state index contributed by atoms with van der Waals surface area (Å²) in [4.78, 5) is 39.4. The number of likely N-dealkylation sites (N-methyl/N-ethyl adjacent to an activating group) is 1. The smallest absolute Gasteiger partial charge is 0.318 e. The zero-order chi connectivity index (χ0) is 32.4. The monoisotopic (exact) mass is 642 g/mol. The molecule has 11 heteroatoms. The van der Waals surface area contributed by atoms with Gasteiger partial charge >= 0.3 is 6.01 Å². The molecular formula is C35H43ClN8O2. The fraction of sp³-hybridized carbons (Fsp3) is 0.514. The second-order valence-corrected chi connectivity index (χ2v) is 13.3. The van der Waals surface area contributed by atoms with E-state index in [-0.39, 0.29) is 24.5 Å². The average molecular weight is 643 g/mol. The maximum Gasteiger partial charge on any atom is 0.318 e. The predicted octanol–water partition coefficient (Wildman–Crippen LogP) is 5.25. The molecule has 0 N–H and O–H groups in total. The molecule has 0 bridgehead atoms. The van der Waals surface area contributed by atoms with Crippen molar-refractivity contribution in [3.05, 3.63) is 70.9 Å². The minimum atomic E-state index is -0.252. The Morgan fingerprint density at radius 3 is 2.78 bits per heavy atom. The first-order valence-corrected chi connectivity index (χ1v) is 16.7. The highest BCUT2D eigenvalue weighted by Gasteiger charge is 2.35. The number of benzene rings is 1. The number of fused-ring (bicyclic) bond motifs is 2. The SMILES string of the molecule is [C-]#[N+]C[C@H]1CN(c2nc(OC[C@@H](C)N(C)[C@@H](C)C3CCC3)nc3c2CCN(c2cncc4cccc(Cl)c24)C3)CCN1C(=O)C=C. The molecule has 3 aliphatic rings. The number of carbonyl (C=O) groups is 1. The van der Waals surface area contributed by atoms with E-state index in [1.165, 1.54) is 25.3 Å². The summed E-state index contributed by atoms with van der Waals surface area (Å²) in [5.41, 5.74) is 2.97. The molecule has 0 spiro atoms. The van der Waals surface area contributed by atoms with Crippen molar-refractivity contribution in [2.24, 2.45) is 5.92 Å². The molecule has 10 nitrogen and oxygen atoms in total. The van der Waals surface area contributed by atoms with Gasteiger partial charge in [0, 0.05) is 60.8 Å². The number of pyridine rings is 1. The summed E-state index contributed by atoms with van der Waals surface area (Å²) in [6.07, 6.45) is 9.69. The van der Waals surface area contributed by atoms with Crippen LogP contribution in [0.5, 0.6) is 6.01 Å². The molecule has 0 unspecified atom stereocenters. The van der Waals surface area contributed by atoms with Crippen molar-refractivity contribution in [2.45, 2.75) is 64.2 Å². The molecule has 1 saturated heterocycles. The number of nitrogens with zero attached hydrogens (tertiary/aromatic N) is 8. The molecular weight excluding hydrogens is 600 g/mol. The van der Waals surface area contributed by atoms with Crippen LogP contribution in [-0.2, 0) is 17.8 Å². The zero-order valence-corrected chi connectivity index (χ0v) is 27.8. The molecule has 0 radical (unpaired) electrons. The Kier molecular flexibility index (Phi) is 9.62. The first-order chi connectivity index (χ1) is 22.3. The topological polar surface area (TPSA) is 82.3 Å². The van der Waals surface area contributed by atoms with E-state index >= 15 is 0 Å². The molecule has 2 aliphatic heterocycles. The van der Waals surface area contributed by atoms with Gasteiger partial charge in [-0.2, -0.15) is 9.97 Å². The van der Waals surface area contributed by atoms with Crippen molar-refractivity contribution < 1.29 is 9.53 Å². The van der Waals surface area contributed by atoms with Gasteiger partial charge in [-0.3, -0.25) is 14.7 Å². The fourth-order valence-electron chi connectivity index (χ4n) is 7.02. The Morgan fingerprint density at radius 1 is 1.22 bits per heavy atom. The Morgan fingerprint density at radius 2 is 2.04 bits per heavy atom. The summed E-state index contributed by atoms with van der Waals surface area (Å²) in [6.45, 7) is 19.3. The maximum atomic E-state index is 12.6. The Hall–Kier alpha value is -3.94. The van der Waals surface area contributed by atoms with Gasteiger partial charge in [0.2, 0.25) is 12.5 Å². The quantitative estimate of drug-likeness (QED) is 0.219. The molecule has 4 heterocycles. The second kappa shape index (κ2) is 13.8. The van der Waals surface area contributed by atoms with E-state index < -0.39 is 0 Å². The van der Waals surface area contributed by atoms with Crippen molar-refractivity contribution in [1.82, 2.24) is 24.8 Å². The molecule has 46 heavy (non-hydrogen) atoms. The van der Waals surface area contributed by atoms with E-state index in [0.717, 1.165) is 52.4 Å². The standard InChI is InChI=1S/C35H43ClN8O2/c1-6-32(45)44-16-15-43(20-27(44)18-37-4)34-28-13-14-42(31-19-38-17-26-11-8-12-29(36)33(26)31)21-30(28)39-35(40-34)46-22-23(2)41(5)24(3)25-9-7-10-25/h6,8,11-12,17,19,23-25,27H,1,7,9-10,13-16,18,20-22H2,2-3,5H3/t23-,24+,27+/m1/s1. The van der Waals surface area contributed by atoms with Crippen LogP contribution in [0.1, 0.15) is 44.4 Å². The minimum absolute atomic E-state index is 0.144. The van der Waals surface area contributed by atoms with Crippen LogP contribution < -0.4 is 14.5 Å². The largest absolute Gasteiger partial charge is 0.462 e. The number of halogens is 1.